The van der Waals surface area contributed by atoms with Crippen molar-refractivity contribution >= 4 is 38.5 Å². The number of aryl methyl sites for hydroxylation is 2. The van der Waals surface area contributed by atoms with Crippen molar-refractivity contribution in [3.05, 3.63) is 83.0 Å². The molecule has 4 aromatic rings. The Morgan fingerprint density at radius 3 is 2.09 bits per heavy atom. The van der Waals surface area contributed by atoms with Crippen molar-refractivity contribution in [2.75, 3.05) is 4.72 Å². The van der Waals surface area contributed by atoms with Gasteiger partial charge in [0.1, 0.15) is 5.82 Å². The number of rotatable bonds is 7. The summed E-state index contributed by atoms with van der Waals surface area (Å²) in [6.45, 7) is 4.72. The molecule has 0 aliphatic rings. The fourth-order valence-electron chi connectivity index (χ4n) is 3.55. The minimum Gasteiger partial charge on any atom is -0.292 e. The van der Waals surface area contributed by atoms with Gasteiger partial charge in [-0.1, -0.05) is 30.0 Å². The molecule has 32 heavy (non-hydrogen) atoms. The molecule has 0 saturated carbocycles. The van der Waals surface area contributed by atoms with Crippen LogP contribution in [0.4, 0.5) is 10.1 Å². The molecule has 166 valence electrons. The van der Waals surface area contributed by atoms with Crippen molar-refractivity contribution in [2.24, 2.45) is 0 Å². The van der Waals surface area contributed by atoms with Gasteiger partial charge in [0.15, 0.2) is 0 Å². The molecule has 0 fully saturated rings. The van der Waals surface area contributed by atoms with E-state index >= 15 is 0 Å². The first-order chi connectivity index (χ1) is 15.3. The van der Waals surface area contributed by atoms with Gasteiger partial charge in [-0.25, -0.2) is 17.6 Å². The van der Waals surface area contributed by atoms with Crippen LogP contribution in [0.15, 0.2) is 86.2 Å². The number of aromatic nitrogens is 2. The number of sulfonamides is 1. The van der Waals surface area contributed by atoms with E-state index in [4.69, 9.17) is 0 Å². The average Bonchev–Trinajstić information content (AvgIpc) is 3.04. The maximum Gasteiger partial charge on any atom is 0.329 e. The highest BCUT2D eigenvalue weighted by Crippen LogP contribution is 2.37. The molecule has 1 N–H and O–H groups in total. The van der Waals surface area contributed by atoms with Crippen LogP contribution in [0.5, 0.6) is 0 Å². The molecule has 0 atom stereocenters. The minimum atomic E-state index is -3.97. The summed E-state index contributed by atoms with van der Waals surface area (Å²) in [6, 6.07) is 17.7. The van der Waals surface area contributed by atoms with Gasteiger partial charge in [0.05, 0.1) is 21.6 Å². The highest BCUT2D eigenvalue weighted by atomic mass is 32.2. The van der Waals surface area contributed by atoms with Crippen LogP contribution < -0.4 is 10.4 Å². The second kappa shape index (κ2) is 8.84. The van der Waals surface area contributed by atoms with Crippen LogP contribution in [-0.4, -0.2) is 17.6 Å². The highest BCUT2D eigenvalue weighted by molar-refractivity contribution is 7.99. The summed E-state index contributed by atoms with van der Waals surface area (Å²) in [5, 5.41) is 0. The van der Waals surface area contributed by atoms with Crippen molar-refractivity contribution in [3.8, 4) is 0 Å². The van der Waals surface area contributed by atoms with Crippen LogP contribution in [0, 0.1) is 5.82 Å². The van der Waals surface area contributed by atoms with Gasteiger partial charge in [0.2, 0.25) is 0 Å². The normalized spacial score (nSPS) is 11.7. The number of hydrogen-bond donors (Lipinski definition) is 1. The third-order valence-corrected chi connectivity index (χ3v) is 7.54. The Kier molecular flexibility index (Phi) is 6.12. The summed E-state index contributed by atoms with van der Waals surface area (Å²) in [7, 11) is -3.97. The zero-order chi connectivity index (χ0) is 22.9. The zero-order valence-electron chi connectivity index (χ0n) is 17.6. The molecule has 3 aromatic carbocycles. The molecule has 1 aromatic heterocycles. The van der Waals surface area contributed by atoms with Crippen LogP contribution in [0.2, 0.25) is 0 Å². The number of nitrogens with one attached hydrogen (secondary N) is 1. The Morgan fingerprint density at radius 1 is 0.906 bits per heavy atom. The first-order valence-corrected chi connectivity index (χ1v) is 12.4. The Bertz CT molecular complexity index is 1430. The van der Waals surface area contributed by atoms with Crippen molar-refractivity contribution in [2.45, 2.75) is 41.6 Å². The number of imidazole rings is 1. The van der Waals surface area contributed by atoms with Crippen LogP contribution in [0.1, 0.15) is 13.8 Å². The van der Waals surface area contributed by atoms with E-state index in [1.807, 2.05) is 50.2 Å². The SMILES string of the molecule is CCn1c(=O)n(CC)c2cc(Sc3ccccc3)c(NS(=O)(=O)c3ccc(F)cc3)cc21. The fraction of sp³-hybridized carbons (Fsp3) is 0.174. The van der Waals surface area contributed by atoms with E-state index in [1.54, 1.807) is 15.2 Å². The molecule has 0 bridgehead atoms. The summed E-state index contributed by atoms with van der Waals surface area (Å²) in [5.74, 6) is -0.515. The van der Waals surface area contributed by atoms with E-state index < -0.39 is 15.8 Å². The lowest BCUT2D eigenvalue weighted by Crippen LogP contribution is -2.23. The van der Waals surface area contributed by atoms with E-state index in [1.165, 1.54) is 23.9 Å². The summed E-state index contributed by atoms with van der Waals surface area (Å²) in [4.78, 5) is 14.4. The molecular formula is C23H22FN3O3S2. The molecular weight excluding hydrogens is 449 g/mol. The molecule has 0 saturated heterocycles. The van der Waals surface area contributed by atoms with Crippen LogP contribution >= 0.6 is 11.8 Å². The number of hydrogen-bond acceptors (Lipinski definition) is 4. The molecule has 0 unspecified atom stereocenters. The third-order valence-electron chi connectivity index (χ3n) is 5.09. The van der Waals surface area contributed by atoms with Gasteiger partial charge in [-0.15, -0.1) is 0 Å². The van der Waals surface area contributed by atoms with Gasteiger partial charge < -0.3 is 0 Å². The summed E-state index contributed by atoms with van der Waals surface area (Å²) >= 11 is 1.40. The maximum absolute atomic E-state index is 13.3. The van der Waals surface area contributed by atoms with Crippen LogP contribution in [0.25, 0.3) is 11.0 Å². The number of anilines is 1. The number of fused-ring (bicyclic) bond motifs is 1. The maximum atomic E-state index is 13.3. The predicted molar refractivity (Wildman–Crippen MR) is 125 cm³/mol. The van der Waals surface area contributed by atoms with Crippen LogP contribution in [0.3, 0.4) is 0 Å². The second-order valence-electron chi connectivity index (χ2n) is 7.08. The van der Waals surface area contributed by atoms with Crippen LogP contribution in [-0.2, 0) is 23.1 Å². The van der Waals surface area contributed by atoms with E-state index in [-0.39, 0.29) is 10.6 Å². The molecule has 0 amide bonds. The summed E-state index contributed by atoms with van der Waals surface area (Å²) in [6.07, 6.45) is 0. The standard InChI is InChI=1S/C23H22FN3O3S2/c1-3-26-20-14-19(25-32(29,30)18-12-10-16(24)11-13-18)22(31-17-8-6-5-7-9-17)15-21(20)27(4-2)23(26)28/h5-15,25H,3-4H2,1-2H3. The van der Waals surface area contributed by atoms with Gasteiger partial charge in [-0.05, 0) is 62.4 Å². The predicted octanol–water partition coefficient (Wildman–Crippen LogP) is 4.93. The Hall–Kier alpha value is -3.04. The van der Waals surface area contributed by atoms with Gasteiger partial charge in [0.25, 0.3) is 10.0 Å². The number of nitrogens with zero attached hydrogens (tertiary/aromatic N) is 2. The second-order valence-corrected chi connectivity index (χ2v) is 9.88. The number of halogens is 1. The van der Waals surface area contributed by atoms with E-state index in [2.05, 4.69) is 4.72 Å². The summed E-state index contributed by atoms with van der Waals surface area (Å²) in [5.41, 5.74) is 1.60. The van der Waals surface area contributed by atoms with Crippen molar-refractivity contribution in [3.63, 3.8) is 0 Å². The Labute approximate surface area is 189 Å². The fourth-order valence-corrected chi connectivity index (χ4v) is 5.62. The first-order valence-electron chi connectivity index (χ1n) is 10.1. The molecule has 4 rings (SSSR count). The third kappa shape index (κ3) is 4.18. The molecule has 0 radical (unpaired) electrons. The monoisotopic (exact) mass is 471 g/mol. The Morgan fingerprint density at radius 2 is 1.50 bits per heavy atom. The molecule has 1 heterocycles. The quantitative estimate of drug-likeness (QED) is 0.415. The van der Waals surface area contributed by atoms with Gasteiger partial charge in [0, 0.05) is 22.9 Å². The highest BCUT2D eigenvalue weighted by Gasteiger charge is 2.20. The Balaban J connectivity index is 1.89. The topological polar surface area (TPSA) is 73.1 Å². The van der Waals surface area contributed by atoms with Crippen molar-refractivity contribution < 1.29 is 12.8 Å². The lowest BCUT2D eigenvalue weighted by Gasteiger charge is -2.14. The van der Waals surface area contributed by atoms with Gasteiger partial charge in [-0.3, -0.25) is 13.9 Å². The van der Waals surface area contributed by atoms with E-state index in [0.717, 1.165) is 22.5 Å². The molecule has 9 heteroatoms. The summed E-state index contributed by atoms with van der Waals surface area (Å²) < 4.78 is 45.3. The van der Waals surface area contributed by atoms with E-state index in [9.17, 15) is 17.6 Å². The zero-order valence-corrected chi connectivity index (χ0v) is 19.2. The lowest BCUT2D eigenvalue weighted by atomic mass is 10.2. The molecule has 0 aliphatic carbocycles. The van der Waals surface area contributed by atoms with Crippen molar-refractivity contribution in [1.29, 1.82) is 0 Å². The molecule has 0 spiro atoms. The van der Waals surface area contributed by atoms with E-state index in [0.29, 0.717) is 29.2 Å². The smallest absolute Gasteiger partial charge is 0.292 e. The average molecular weight is 472 g/mol. The molecule has 0 aliphatic heterocycles. The van der Waals surface area contributed by atoms with Crippen molar-refractivity contribution in [1.82, 2.24) is 9.13 Å². The minimum absolute atomic E-state index is 0.0475. The first kappa shape index (κ1) is 22.2. The molecule has 6 nitrogen and oxygen atoms in total. The largest absolute Gasteiger partial charge is 0.329 e. The number of benzene rings is 3. The van der Waals surface area contributed by atoms with Gasteiger partial charge in [-0.2, -0.15) is 0 Å². The lowest BCUT2D eigenvalue weighted by molar-refractivity contribution is 0.599. The van der Waals surface area contributed by atoms with Gasteiger partial charge >= 0.3 is 5.69 Å².